The van der Waals surface area contributed by atoms with Gasteiger partial charge in [0.15, 0.2) is 0 Å². The Labute approximate surface area is 133 Å². The number of rotatable bonds is 4. The lowest BCUT2D eigenvalue weighted by atomic mass is 10.1. The summed E-state index contributed by atoms with van der Waals surface area (Å²) in [5.74, 6) is 1.48. The number of ether oxygens (including phenoxy) is 1. The average molecular weight is 315 g/mol. The van der Waals surface area contributed by atoms with E-state index in [1.807, 2.05) is 48.0 Å². The Bertz CT molecular complexity index is 819. The third-order valence-electron chi connectivity index (χ3n) is 3.19. The van der Waals surface area contributed by atoms with Gasteiger partial charge in [0.25, 0.3) is 0 Å². The predicted octanol–water partition coefficient (Wildman–Crippen LogP) is 3.74. The van der Waals surface area contributed by atoms with Crippen LogP contribution in [0.25, 0.3) is 17.8 Å². The van der Waals surface area contributed by atoms with E-state index >= 15 is 0 Å². The Morgan fingerprint density at radius 1 is 1.27 bits per heavy atom. The maximum absolute atomic E-state index is 5.80. The Hall–Kier alpha value is -2.53. The maximum atomic E-state index is 5.80. The van der Waals surface area contributed by atoms with Crippen molar-refractivity contribution in [3.8, 4) is 11.4 Å². The molecule has 3 aromatic rings. The average Bonchev–Trinajstić information content (AvgIpc) is 3.13. The molecule has 0 fully saturated rings. The molecule has 1 aromatic carbocycles. The normalized spacial score (nSPS) is 11.2. The molecule has 0 atom stereocenters. The Balaban J connectivity index is 1.90. The lowest BCUT2D eigenvalue weighted by Crippen LogP contribution is -1.95. The van der Waals surface area contributed by atoms with Gasteiger partial charge in [-0.15, -0.1) is 0 Å². The van der Waals surface area contributed by atoms with E-state index in [9.17, 15) is 0 Å². The number of halogens is 1. The summed E-state index contributed by atoms with van der Waals surface area (Å²) in [7, 11) is 1.66. The van der Waals surface area contributed by atoms with E-state index in [1.54, 1.807) is 19.6 Å². The zero-order valence-corrected chi connectivity index (χ0v) is 13.0. The van der Waals surface area contributed by atoms with Crippen molar-refractivity contribution in [2.45, 2.75) is 6.92 Å². The van der Waals surface area contributed by atoms with Gasteiger partial charge in [-0.2, -0.15) is 0 Å². The summed E-state index contributed by atoms with van der Waals surface area (Å²) in [6.07, 6.45) is 9.11. The molecule has 0 unspecified atom stereocenters. The molecule has 0 saturated carbocycles. The standard InChI is InChI=1S/C16H15ClN4O/c1-11-9-21(10-19-11)13-5-3-12(7-14(13)22-2)4-6-16-18-8-15(17)20-16/h3-10H,1-2H3,(H,18,20). The third-order valence-corrected chi connectivity index (χ3v) is 3.38. The summed E-state index contributed by atoms with van der Waals surface area (Å²) in [5, 5.41) is 0.517. The van der Waals surface area contributed by atoms with Crippen LogP contribution in [0.1, 0.15) is 17.1 Å². The summed E-state index contributed by atoms with van der Waals surface area (Å²) in [6, 6.07) is 5.97. The van der Waals surface area contributed by atoms with Gasteiger partial charge in [0.05, 0.1) is 31.0 Å². The molecular weight excluding hydrogens is 300 g/mol. The summed E-state index contributed by atoms with van der Waals surface area (Å²) in [5.41, 5.74) is 2.91. The first kappa shape index (κ1) is 14.4. The largest absolute Gasteiger partial charge is 0.495 e. The van der Waals surface area contributed by atoms with Crippen molar-refractivity contribution in [1.29, 1.82) is 0 Å². The number of nitrogens with one attached hydrogen (secondary N) is 1. The van der Waals surface area contributed by atoms with Gasteiger partial charge in [0, 0.05) is 6.20 Å². The fourth-order valence-electron chi connectivity index (χ4n) is 2.14. The first-order chi connectivity index (χ1) is 10.7. The Morgan fingerprint density at radius 2 is 2.14 bits per heavy atom. The maximum Gasteiger partial charge on any atom is 0.143 e. The van der Waals surface area contributed by atoms with Gasteiger partial charge < -0.3 is 14.3 Å². The third kappa shape index (κ3) is 3.04. The van der Waals surface area contributed by atoms with E-state index < -0.39 is 0 Å². The number of imidazole rings is 2. The van der Waals surface area contributed by atoms with Crippen molar-refractivity contribution >= 4 is 23.8 Å². The first-order valence-electron chi connectivity index (χ1n) is 6.73. The van der Waals surface area contributed by atoms with E-state index in [0.717, 1.165) is 22.7 Å². The van der Waals surface area contributed by atoms with Crippen LogP contribution in [-0.4, -0.2) is 26.6 Å². The molecule has 3 rings (SSSR count). The first-order valence-corrected chi connectivity index (χ1v) is 7.11. The number of methoxy groups -OCH3 is 1. The fourth-order valence-corrected chi connectivity index (χ4v) is 2.28. The van der Waals surface area contributed by atoms with Crippen LogP contribution in [0.3, 0.4) is 0 Å². The minimum absolute atomic E-state index is 0.517. The lowest BCUT2D eigenvalue weighted by Gasteiger charge is -2.09. The molecular formula is C16H15ClN4O. The lowest BCUT2D eigenvalue weighted by molar-refractivity contribution is 0.413. The molecule has 0 aliphatic carbocycles. The molecule has 5 nitrogen and oxygen atoms in total. The molecule has 0 aliphatic heterocycles. The van der Waals surface area contributed by atoms with Gasteiger partial charge in [0.2, 0.25) is 0 Å². The van der Waals surface area contributed by atoms with Crippen LogP contribution in [-0.2, 0) is 0 Å². The molecule has 0 spiro atoms. The topological polar surface area (TPSA) is 55.7 Å². The Kier molecular flexibility index (Phi) is 3.98. The van der Waals surface area contributed by atoms with E-state index in [0.29, 0.717) is 11.0 Å². The Morgan fingerprint density at radius 3 is 2.77 bits per heavy atom. The number of benzene rings is 1. The van der Waals surface area contributed by atoms with Crippen molar-refractivity contribution in [3.63, 3.8) is 0 Å². The highest BCUT2D eigenvalue weighted by atomic mass is 35.5. The van der Waals surface area contributed by atoms with Gasteiger partial charge in [-0.3, -0.25) is 0 Å². The van der Waals surface area contributed by atoms with Gasteiger partial charge in [0.1, 0.15) is 16.7 Å². The summed E-state index contributed by atoms with van der Waals surface area (Å²) >= 11 is 5.80. The van der Waals surface area contributed by atoms with Gasteiger partial charge in [-0.1, -0.05) is 23.7 Å². The SMILES string of the molecule is COc1cc(C=Cc2ncc(Cl)[nH]2)ccc1-n1cnc(C)c1. The molecule has 6 heteroatoms. The molecule has 0 bridgehead atoms. The van der Waals surface area contributed by atoms with Crippen molar-refractivity contribution in [2.24, 2.45) is 0 Å². The summed E-state index contributed by atoms with van der Waals surface area (Å²) < 4.78 is 7.42. The second kappa shape index (κ2) is 6.07. The highest BCUT2D eigenvalue weighted by Crippen LogP contribution is 2.25. The highest BCUT2D eigenvalue weighted by Gasteiger charge is 2.06. The van der Waals surface area contributed by atoms with Crippen LogP contribution in [0, 0.1) is 6.92 Å². The molecule has 0 aliphatic rings. The summed E-state index contributed by atoms with van der Waals surface area (Å²) in [6.45, 7) is 1.95. The second-order valence-corrected chi connectivity index (χ2v) is 5.21. The fraction of sp³-hybridized carbons (Fsp3) is 0.125. The summed E-state index contributed by atoms with van der Waals surface area (Å²) in [4.78, 5) is 11.3. The minimum Gasteiger partial charge on any atom is -0.495 e. The monoisotopic (exact) mass is 314 g/mol. The number of aromatic amines is 1. The number of hydrogen-bond donors (Lipinski definition) is 1. The quantitative estimate of drug-likeness (QED) is 0.798. The molecule has 2 heterocycles. The molecule has 22 heavy (non-hydrogen) atoms. The molecule has 0 radical (unpaired) electrons. The van der Waals surface area contributed by atoms with E-state index in [1.165, 1.54) is 0 Å². The number of aromatic nitrogens is 4. The van der Waals surface area contributed by atoms with Crippen LogP contribution in [0.5, 0.6) is 5.75 Å². The van der Waals surface area contributed by atoms with Crippen LogP contribution in [0.4, 0.5) is 0 Å². The van der Waals surface area contributed by atoms with E-state index in [4.69, 9.17) is 16.3 Å². The van der Waals surface area contributed by atoms with Gasteiger partial charge in [-0.05, 0) is 30.7 Å². The van der Waals surface area contributed by atoms with Crippen molar-refractivity contribution < 1.29 is 4.74 Å². The second-order valence-electron chi connectivity index (χ2n) is 4.80. The molecule has 1 N–H and O–H groups in total. The molecule has 0 amide bonds. The van der Waals surface area contributed by atoms with Crippen LogP contribution in [0.15, 0.2) is 36.9 Å². The van der Waals surface area contributed by atoms with Gasteiger partial charge in [-0.25, -0.2) is 9.97 Å². The molecule has 0 saturated heterocycles. The molecule has 2 aromatic heterocycles. The van der Waals surface area contributed by atoms with E-state index in [2.05, 4.69) is 15.0 Å². The van der Waals surface area contributed by atoms with Gasteiger partial charge >= 0.3 is 0 Å². The van der Waals surface area contributed by atoms with Crippen LogP contribution < -0.4 is 4.74 Å². The number of nitrogens with zero attached hydrogens (tertiary/aromatic N) is 3. The predicted molar refractivity (Wildman–Crippen MR) is 87.4 cm³/mol. The minimum atomic E-state index is 0.517. The smallest absolute Gasteiger partial charge is 0.143 e. The zero-order valence-electron chi connectivity index (χ0n) is 12.2. The zero-order chi connectivity index (χ0) is 15.5. The number of H-pyrrole nitrogens is 1. The molecule has 112 valence electrons. The highest BCUT2D eigenvalue weighted by molar-refractivity contribution is 6.29. The van der Waals surface area contributed by atoms with Crippen LogP contribution >= 0.6 is 11.6 Å². The van der Waals surface area contributed by atoms with Crippen molar-refractivity contribution in [1.82, 2.24) is 19.5 Å². The number of aryl methyl sites for hydroxylation is 1. The number of hydrogen-bond acceptors (Lipinski definition) is 3. The van der Waals surface area contributed by atoms with E-state index in [-0.39, 0.29) is 0 Å². The van der Waals surface area contributed by atoms with Crippen molar-refractivity contribution in [3.05, 3.63) is 59.2 Å². The van der Waals surface area contributed by atoms with Crippen molar-refractivity contribution in [2.75, 3.05) is 7.11 Å². The van der Waals surface area contributed by atoms with Crippen LogP contribution in [0.2, 0.25) is 5.15 Å².